The maximum Gasteiger partial charge on any atom is 0.0629 e. The summed E-state index contributed by atoms with van der Waals surface area (Å²) in [5.74, 6) is 0.374. The predicted octanol–water partition coefficient (Wildman–Crippen LogP) is 20.0. The molecule has 0 saturated heterocycles. The molecule has 0 bridgehead atoms. The number of rotatable bonds is 9. The number of nitrogens with zero attached hydrogens (tertiary/aromatic N) is 3. The van der Waals surface area contributed by atoms with Gasteiger partial charge in [-0.3, -0.25) is 0 Å². The van der Waals surface area contributed by atoms with E-state index in [1.165, 1.54) is 106 Å². The van der Waals surface area contributed by atoms with E-state index < -0.39 is 0 Å². The van der Waals surface area contributed by atoms with Gasteiger partial charge in [-0.25, -0.2) is 0 Å². The number of fused-ring (bicyclic) bond motifs is 9. The van der Waals surface area contributed by atoms with Gasteiger partial charge in [-0.05, 0) is 151 Å². The van der Waals surface area contributed by atoms with Gasteiger partial charge >= 0.3 is 0 Å². The Morgan fingerprint density at radius 3 is 1.35 bits per heavy atom. The molecule has 11 aromatic carbocycles. The van der Waals surface area contributed by atoms with Gasteiger partial charge in [0.15, 0.2) is 0 Å². The molecule has 0 amide bonds. The predicted molar refractivity (Wildman–Crippen MR) is 328 cm³/mol. The van der Waals surface area contributed by atoms with Crippen LogP contribution in [0.1, 0.15) is 36.5 Å². The summed E-state index contributed by atoms with van der Waals surface area (Å²) in [5, 5.41) is 2.55. The van der Waals surface area contributed by atoms with Crippen LogP contribution >= 0.6 is 0 Å². The Morgan fingerprint density at radius 2 is 0.782 bits per heavy atom. The topological polar surface area (TPSA) is 11.4 Å². The van der Waals surface area contributed by atoms with Crippen LogP contribution in [0.3, 0.4) is 0 Å². The minimum atomic E-state index is -0.121. The fourth-order valence-corrected chi connectivity index (χ4v) is 13.0. The molecule has 1 aromatic heterocycles. The molecule has 78 heavy (non-hydrogen) atoms. The normalized spacial score (nSPS) is 15.5. The molecule has 2 atom stereocenters. The second-order valence-electron chi connectivity index (χ2n) is 21.7. The van der Waals surface area contributed by atoms with E-state index in [0.29, 0.717) is 12.0 Å². The smallest absolute Gasteiger partial charge is 0.0629 e. The molecular weight excluding hydrogens is 943 g/mol. The number of hydrogen-bond acceptors (Lipinski definition) is 2. The highest BCUT2D eigenvalue weighted by atomic mass is 15.2. The first kappa shape index (κ1) is 45.7. The van der Waals surface area contributed by atoms with E-state index in [0.717, 1.165) is 22.7 Å². The molecule has 3 nitrogen and oxygen atoms in total. The highest BCUT2D eigenvalue weighted by Crippen LogP contribution is 2.51. The largest absolute Gasteiger partial charge is 0.333 e. The second-order valence-corrected chi connectivity index (χ2v) is 21.7. The van der Waals surface area contributed by atoms with Crippen molar-refractivity contribution in [3.8, 4) is 61.3 Å². The van der Waals surface area contributed by atoms with Crippen LogP contribution in [-0.4, -0.2) is 10.6 Å². The number of anilines is 5. The van der Waals surface area contributed by atoms with Crippen molar-refractivity contribution in [1.82, 2.24) is 4.57 Å². The van der Waals surface area contributed by atoms with Crippen molar-refractivity contribution in [2.75, 3.05) is 9.80 Å². The Kier molecular flexibility index (Phi) is 10.7. The highest BCUT2D eigenvalue weighted by Gasteiger charge is 2.38. The highest BCUT2D eigenvalue weighted by molar-refractivity contribution is 6.09. The lowest BCUT2D eigenvalue weighted by Crippen LogP contribution is -2.28. The summed E-state index contributed by atoms with van der Waals surface area (Å²) < 4.78 is 2.37. The van der Waals surface area contributed by atoms with E-state index in [9.17, 15) is 0 Å². The molecule has 12 aromatic rings. The van der Waals surface area contributed by atoms with Gasteiger partial charge in [-0.2, -0.15) is 0 Å². The zero-order valence-electron chi connectivity index (χ0n) is 43.6. The number of para-hydroxylation sites is 3. The number of benzene rings is 11. The van der Waals surface area contributed by atoms with Crippen LogP contribution in [0.4, 0.5) is 28.4 Å². The number of allylic oxidation sites excluding steroid dienone is 2. The van der Waals surface area contributed by atoms with Crippen LogP contribution in [-0.2, 0) is 5.41 Å². The Hall–Kier alpha value is -9.70. The minimum absolute atomic E-state index is 0.121. The molecular formula is C75H55N3. The summed E-state index contributed by atoms with van der Waals surface area (Å²) in [4.78, 5) is 4.90. The van der Waals surface area contributed by atoms with Crippen molar-refractivity contribution in [2.45, 2.75) is 31.2 Å². The molecule has 2 heterocycles. The monoisotopic (exact) mass is 997 g/mol. The van der Waals surface area contributed by atoms with Crippen LogP contribution in [0, 0.1) is 0 Å². The van der Waals surface area contributed by atoms with Crippen molar-refractivity contribution < 1.29 is 0 Å². The summed E-state index contributed by atoms with van der Waals surface area (Å²) in [6.45, 7) is 4.72. The third kappa shape index (κ3) is 7.49. The van der Waals surface area contributed by atoms with Crippen LogP contribution in [0.25, 0.3) is 83.1 Å². The first-order valence-corrected chi connectivity index (χ1v) is 27.3. The van der Waals surface area contributed by atoms with Crippen molar-refractivity contribution in [1.29, 1.82) is 0 Å². The molecule has 3 aliphatic rings. The van der Waals surface area contributed by atoms with Crippen molar-refractivity contribution in [2.24, 2.45) is 0 Å². The van der Waals surface area contributed by atoms with E-state index in [4.69, 9.17) is 0 Å². The summed E-state index contributed by atoms with van der Waals surface area (Å²) in [6.07, 6.45) is 9.03. The molecule has 0 radical (unpaired) electrons. The maximum absolute atomic E-state index is 2.49. The van der Waals surface area contributed by atoms with Gasteiger partial charge in [0.2, 0.25) is 0 Å². The van der Waals surface area contributed by atoms with Gasteiger partial charge in [0.25, 0.3) is 0 Å². The number of aromatic nitrogens is 1. The van der Waals surface area contributed by atoms with E-state index in [2.05, 4.69) is 313 Å². The fourth-order valence-electron chi connectivity index (χ4n) is 13.0. The minimum Gasteiger partial charge on any atom is -0.333 e. The molecule has 15 rings (SSSR count). The second kappa shape index (κ2) is 18.3. The third-order valence-electron chi connectivity index (χ3n) is 17.0. The van der Waals surface area contributed by atoms with Gasteiger partial charge in [-0.15, -0.1) is 0 Å². The quantitative estimate of drug-likeness (QED) is 0.143. The molecule has 2 aliphatic carbocycles. The fraction of sp³-hybridized carbons (Fsp3) is 0.0667. The SMILES string of the molecule is CC1(C)c2ccccc2-c2ccc(N(c3ccc(-c4ccc(-c5ccc(N6c7ccccc7C7C=CC=CC76)cc5)cc4)cc3)c3ccc(-c4ccc(-c5ccc(-n6c7ccccc7c7ccccc76)cc5)cc4)cc3)cc21. The molecule has 0 spiro atoms. The van der Waals surface area contributed by atoms with E-state index in [1.807, 2.05) is 0 Å². The van der Waals surface area contributed by atoms with Gasteiger partial charge in [0, 0.05) is 56.2 Å². The Morgan fingerprint density at radius 1 is 0.359 bits per heavy atom. The van der Waals surface area contributed by atoms with Gasteiger partial charge in [-0.1, -0.05) is 220 Å². The average molecular weight is 998 g/mol. The summed E-state index contributed by atoms with van der Waals surface area (Å²) in [5.41, 5.74) is 25.7. The third-order valence-corrected chi connectivity index (χ3v) is 17.0. The molecule has 0 fully saturated rings. The molecule has 370 valence electrons. The van der Waals surface area contributed by atoms with Crippen LogP contribution in [0.15, 0.2) is 285 Å². The van der Waals surface area contributed by atoms with Gasteiger partial charge in [0.1, 0.15) is 0 Å². The lowest BCUT2D eigenvalue weighted by Gasteiger charge is -2.28. The van der Waals surface area contributed by atoms with Crippen LogP contribution in [0.5, 0.6) is 0 Å². The molecule has 2 unspecified atom stereocenters. The van der Waals surface area contributed by atoms with Crippen LogP contribution < -0.4 is 9.80 Å². The molecule has 3 heteroatoms. The van der Waals surface area contributed by atoms with Gasteiger partial charge in [0.05, 0.1) is 17.1 Å². The maximum atomic E-state index is 2.49. The average Bonchev–Trinajstić information content (AvgIpc) is 4.33. The standard InChI is InChI=1S/C75H55N3/c1-75(2)69-18-8-3-13-63(69)64-48-47-62(49-70(64)75)76(58-39-31-54(32-40-58)50-23-27-52(28-24-50)56-35-43-60(44-36-56)77-71-19-9-4-14-65(71)66-15-5-10-20-72(66)77)59-41-33-55(34-42-59)51-25-29-53(30-26-51)57-37-45-61(46-38-57)78-73-21-11-6-16-67(73)68-17-7-12-22-74(68)78/h3-49,65,71H,1-2H3. The van der Waals surface area contributed by atoms with E-state index >= 15 is 0 Å². The van der Waals surface area contributed by atoms with Crippen molar-refractivity contribution >= 4 is 50.2 Å². The van der Waals surface area contributed by atoms with Crippen molar-refractivity contribution in [3.05, 3.63) is 302 Å². The first-order chi connectivity index (χ1) is 38.4. The van der Waals surface area contributed by atoms with Crippen molar-refractivity contribution in [3.63, 3.8) is 0 Å². The lowest BCUT2D eigenvalue weighted by atomic mass is 9.82. The number of hydrogen-bond donors (Lipinski definition) is 0. The van der Waals surface area contributed by atoms with Crippen LogP contribution in [0.2, 0.25) is 0 Å². The lowest BCUT2D eigenvalue weighted by molar-refractivity contribution is 0.660. The van der Waals surface area contributed by atoms with E-state index in [1.54, 1.807) is 0 Å². The molecule has 0 saturated carbocycles. The summed E-state index contributed by atoms with van der Waals surface area (Å²) >= 11 is 0. The Bertz CT molecular complexity index is 4260. The summed E-state index contributed by atoms with van der Waals surface area (Å²) in [7, 11) is 0. The van der Waals surface area contributed by atoms with E-state index in [-0.39, 0.29) is 5.41 Å². The summed E-state index contributed by atoms with van der Waals surface area (Å²) in [6, 6.07) is 96.7. The molecule has 0 N–H and O–H groups in total. The zero-order valence-corrected chi connectivity index (χ0v) is 43.6. The zero-order chi connectivity index (χ0) is 51.9. The molecule has 1 aliphatic heterocycles. The Balaban J connectivity index is 0.702. The van der Waals surface area contributed by atoms with Gasteiger partial charge < -0.3 is 14.4 Å². The Labute approximate surface area is 456 Å². The first-order valence-electron chi connectivity index (χ1n) is 27.3.